The van der Waals surface area contributed by atoms with Crippen LogP contribution in [0.2, 0.25) is 0 Å². The second-order valence-corrected chi connectivity index (χ2v) is 10.1. The third kappa shape index (κ3) is 28.0. The van der Waals surface area contributed by atoms with Crippen LogP contribution in [0.1, 0.15) is 167 Å². The van der Waals surface area contributed by atoms with Gasteiger partial charge in [-0.3, -0.25) is 0 Å². The molecule has 0 aromatic rings. The third-order valence-corrected chi connectivity index (χ3v) is 6.55. The van der Waals surface area contributed by atoms with Gasteiger partial charge in [0.2, 0.25) is 0 Å². The quantitative estimate of drug-likeness (QED) is 0.125. The Hall–Kier alpha value is -0.0400. The minimum atomic E-state index is 1.26. The van der Waals surface area contributed by atoms with Crippen molar-refractivity contribution in [1.29, 1.82) is 0 Å². The summed E-state index contributed by atoms with van der Waals surface area (Å²) < 4.78 is 0. The average molecular weight is 423 g/mol. The molecule has 0 aliphatic rings. The molecule has 0 rings (SSSR count). The van der Waals surface area contributed by atoms with Crippen LogP contribution in [0.5, 0.6) is 0 Å². The van der Waals surface area contributed by atoms with Gasteiger partial charge < -0.3 is 4.90 Å². The van der Waals surface area contributed by atoms with E-state index in [4.69, 9.17) is 0 Å². The van der Waals surface area contributed by atoms with Gasteiger partial charge in [-0.25, -0.2) is 0 Å². The van der Waals surface area contributed by atoms with Crippen molar-refractivity contribution in [2.24, 2.45) is 0 Å². The van der Waals surface area contributed by atoms with Crippen LogP contribution in [0.25, 0.3) is 0 Å². The van der Waals surface area contributed by atoms with E-state index in [1.165, 1.54) is 161 Å². The Bertz CT molecular complexity index is 286. The molecule has 1 radical (unpaired) electrons. The van der Waals surface area contributed by atoms with E-state index in [-0.39, 0.29) is 0 Å². The monoisotopic (exact) mass is 422 g/mol. The van der Waals surface area contributed by atoms with Crippen molar-refractivity contribution in [1.82, 2.24) is 4.90 Å². The summed E-state index contributed by atoms with van der Waals surface area (Å²) in [6, 6.07) is 0. The normalized spacial score (nSPS) is 11.6. The van der Waals surface area contributed by atoms with Crippen molar-refractivity contribution in [2.75, 3.05) is 14.1 Å². The van der Waals surface area contributed by atoms with Gasteiger partial charge in [-0.1, -0.05) is 161 Å². The molecular formula is C29H60N. The fourth-order valence-corrected chi connectivity index (χ4v) is 4.46. The van der Waals surface area contributed by atoms with Gasteiger partial charge in [-0.15, -0.1) is 0 Å². The maximum Gasteiger partial charge on any atom is 0.0245 e. The van der Waals surface area contributed by atoms with Crippen molar-refractivity contribution in [3.63, 3.8) is 0 Å². The molecule has 0 aromatic heterocycles. The minimum absolute atomic E-state index is 1.26. The number of hydrogen-bond donors (Lipinski definition) is 0. The smallest absolute Gasteiger partial charge is 0.0245 e. The van der Waals surface area contributed by atoms with Crippen molar-refractivity contribution in [3.8, 4) is 0 Å². The molecule has 0 saturated heterocycles. The van der Waals surface area contributed by atoms with Crippen molar-refractivity contribution < 1.29 is 0 Å². The van der Waals surface area contributed by atoms with Crippen LogP contribution in [-0.4, -0.2) is 19.0 Å². The Labute approximate surface area is 193 Å². The molecule has 0 saturated carbocycles. The Morgan fingerprint density at radius 3 is 0.833 bits per heavy atom. The predicted octanol–water partition coefficient (Wildman–Crippen LogP) is 10.5. The fourth-order valence-electron chi connectivity index (χ4n) is 4.46. The van der Waals surface area contributed by atoms with E-state index in [1.54, 1.807) is 0 Å². The molecule has 0 aromatic carbocycles. The topological polar surface area (TPSA) is 3.24 Å². The SMILES string of the molecule is CCCCCCCCCCCCCCCCCCCCCCCCCC[CH]N(C)C. The molecule has 30 heavy (non-hydrogen) atoms. The molecule has 0 aliphatic carbocycles. The first-order chi connectivity index (χ1) is 14.8. The Balaban J connectivity index is 2.99. The summed E-state index contributed by atoms with van der Waals surface area (Å²) in [5.74, 6) is 0. The number of hydrogen-bond acceptors (Lipinski definition) is 1. The van der Waals surface area contributed by atoms with Gasteiger partial charge in [0.15, 0.2) is 0 Å². The van der Waals surface area contributed by atoms with Crippen LogP contribution < -0.4 is 0 Å². The van der Waals surface area contributed by atoms with Gasteiger partial charge in [0.25, 0.3) is 0 Å². The van der Waals surface area contributed by atoms with Crippen LogP contribution in [0.3, 0.4) is 0 Å². The zero-order chi connectivity index (χ0) is 22.0. The minimum Gasteiger partial charge on any atom is -0.305 e. The van der Waals surface area contributed by atoms with E-state index >= 15 is 0 Å². The molecule has 0 unspecified atom stereocenters. The van der Waals surface area contributed by atoms with Crippen LogP contribution in [0.4, 0.5) is 0 Å². The highest BCUT2D eigenvalue weighted by Crippen LogP contribution is 2.15. The Morgan fingerprint density at radius 2 is 0.600 bits per heavy atom. The van der Waals surface area contributed by atoms with Gasteiger partial charge in [0.1, 0.15) is 0 Å². The molecule has 0 fully saturated rings. The summed E-state index contributed by atoms with van der Waals surface area (Å²) in [6.07, 6.45) is 36.5. The highest BCUT2D eigenvalue weighted by molar-refractivity contribution is 4.60. The molecule has 0 heterocycles. The summed E-state index contributed by atoms with van der Waals surface area (Å²) in [7, 11) is 4.25. The van der Waals surface area contributed by atoms with Crippen LogP contribution in [-0.2, 0) is 0 Å². The number of unbranched alkanes of at least 4 members (excludes halogenated alkanes) is 24. The van der Waals surface area contributed by atoms with Crippen LogP contribution in [0, 0.1) is 6.54 Å². The first kappa shape index (κ1) is 30.0. The molecule has 0 amide bonds. The maximum absolute atomic E-state index is 2.30. The van der Waals surface area contributed by atoms with Crippen LogP contribution in [0.15, 0.2) is 0 Å². The summed E-state index contributed by atoms with van der Waals surface area (Å²) in [6.45, 7) is 4.61. The third-order valence-electron chi connectivity index (χ3n) is 6.55. The summed E-state index contributed by atoms with van der Waals surface area (Å²) in [5, 5.41) is 0. The molecule has 0 N–H and O–H groups in total. The molecule has 1 nitrogen and oxygen atoms in total. The number of nitrogens with zero attached hydrogens (tertiary/aromatic N) is 1. The second kappa shape index (κ2) is 27.0. The largest absolute Gasteiger partial charge is 0.305 e. The zero-order valence-corrected chi connectivity index (χ0v) is 21.7. The van der Waals surface area contributed by atoms with Gasteiger partial charge in [-0.05, 0) is 20.5 Å². The summed E-state index contributed by atoms with van der Waals surface area (Å²) >= 11 is 0. The Morgan fingerprint density at radius 1 is 0.367 bits per heavy atom. The molecule has 0 bridgehead atoms. The fraction of sp³-hybridized carbons (Fsp3) is 0.966. The summed E-state index contributed by atoms with van der Waals surface area (Å²) in [4.78, 5) is 2.18. The molecule has 0 aliphatic heterocycles. The second-order valence-electron chi connectivity index (χ2n) is 10.1. The average Bonchev–Trinajstić information content (AvgIpc) is 2.73. The molecule has 0 spiro atoms. The van der Waals surface area contributed by atoms with Crippen molar-refractivity contribution >= 4 is 0 Å². The highest BCUT2D eigenvalue weighted by Gasteiger charge is 1.96. The molecule has 1 heteroatoms. The van der Waals surface area contributed by atoms with E-state index < -0.39 is 0 Å². The van der Waals surface area contributed by atoms with Gasteiger partial charge in [0.05, 0.1) is 0 Å². The number of rotatable bonds is 26. The van der Waals surface area contributed by atoms with E-state index in [0.29, 0.717) is 0 Å². The van der Waals surface area contributed by atoms with E-state index in [9.17, 15) is 0 Å². The summed E-state index contributed by atoms with van der Waals surface area (Å²) in [5.41, 5.74) is 0. The highest BCUT2D eigenvalue weighted by atomic mass is 15.0. The first-order valence-electron chi connectivity index (χ1n) is 14.3. The maximum atomic E-state index is 2.30. The van der Waals surface area contributed by atoms with Gasteiger partial charge in [-0.2, -0.15) is 0 Å². The van der Waals surface area contributed by atoms with Gasteiger partial charge >= 0.3 is 0 Å². The lowest BCUT2D eigenvalue weighted by Gasteiger charge is -2.07. The van der Waals surface area contributed by atoms with E-state index in [2.05, 4.69) is 32.5 Å². The molecule has 181 valence electrons. The predicted molar refractivity (Wildman–Crippen MR) is 139 cm³/mol. The van der Waals surface area contributed by atoms with E-state index in [0.717, 1.165) is 0 Å². The standard InChI is InChI=1S/C29H60N/c1-4-5-6-7-8-9-10-11-12-13-14-15-16-17-18-19-20-21-22-23-24-25-26-27-28-29-30(2)3/h29H,4-28H2,1-3H3. The lowest BCUT2D eigenvalue weighted by Crippen LogP contribution is -2.06. The lowest BCUT2D eigenvalue weighted by atomic mass is 10.0. The lowest BCUT2D eigenvalue weighted by molar-refractivity contribution is 0.460. The molecular weight excluding hydrogens is 362 g/mol. The van der Waals surface area contributed by atoms with Crippen LogP contribution >= 0.6 is 0 Å². The van der Waals surface area contributed by atoms with E-state index in [1.807, 2.05) is 0 Å². The Kier molecular flexibility index (Phi) is 27.0. The first-order valence-corrected chi connectivity index (χ1v) is 14.3. The van der Waals surface area contributed by atoms with Crippen molar-refractivity contribution in [2.45, 2.75) is 167 Å². The zero-order valence-electron chi connectivity index (χ0n) is 21.7. The van der Waals surface area contributed by atoms with Crippen molar-refractivity contribution in [3.05, 3.63) is 6.54 Å². The molecule has 0 atom stereocenters. The van der Waals surface area contributed by atoms with Gasteiger partial charge in [0, 0.05) is 6.54 Å².